The van der Waals surface area contributed by atoms with Crippen molar-refractivity contribution in [2.75, 3.05) is 0 Å². The number of hydrogen-bond donors (Lipinski definition) is 1. The van der Waals surface area contributed by atoms with Gasteiger partial charge in [-0.3, -0.25) is 0 Å². The number of benzene rings is 1. The van der Waals surface area contributed by atoms with E-state index in [1.165, 1.54) is 0 Å². The zero-order valence-electron chi connectivity index (χ0n) is 12.4. The molecule has 0 aliphatic carbocycles. The van der Waals surface area contributed by atoms with Crippen LogP contribution in [0.4, 0.5) is 0 Å². The minimum atomic E-state index is -1.89. The van der Waals surface area contributed by atoms with Crippen molar-refractivity contribution < 1.29 is 11.6 Å². The van der Waals surface area contributed by atoms with Crippen LogP contribution in [0, 0.1) is 0 Å². The van der Waals surface area contributed by atoms with Gasteiger partial charge in [0.15, 0.2) is 11.1 Å². The van der Waals surface area contributed by atoms with Crippen molar-refractivity contribution in [1.29, 1.82) is 0 Å². The van der Waals surface area contributed by atoms with Gasteiger partial charge in [-0.1, -0.05) is 45.9 Å². The van der Waals surface area contributed by atoms with Gasteiger partial charge in [0.25, 0.3) is 0 Å². The predicted molar refractivity (Wildman–Crippen MR) is 71.6 cm³/mol. The van der Waals surface area contributed by atoms with Crippen LogP contribution in [0.15, 0.2) is 23.1 Å². The van der Waals surface area contributed by atoms with Crippen molar-refractivity contribution in [3.8, 4) is 0 Å². The maximum absolute atomic E-state index is 11.4. The zero-order chi connectivity index (χ0) is 11.6. The molecule has 2 nitrogen and oxygen atoms in total. The molecule has 0 radical (unpaired) electrons. The van der Waals surface area contributed by atoms with E-state index >= 15 is 0 Å². The van der Waals surface area contributed by atoms with Crippen molar-refractivity contribution in [3.05, 3.63) is 29.3 Å². The van der Waals surface area contributed by atoms with E-state index in [0.717, 1.165) is 11.1 Å². The third kappa shape index (κ3) is 3.81. The van der Waals surface area contributed by atoms with Gasteiger partial charge in [0, 0.05) is 0 Å². The molecule has 0 aromatic heterocycles. The molecule has 0 amide bonds. The fraction of sp³-hybridized carbons (Fsp3) is 0.500. The first kappa shape index (κ1) is 16.6. The van der Waals surface area contributed by atoms with Gasteiger partial charge < -0.3 is 7.41 Å². The molecule has 0 aliphatic heterocycles. The normalized spacial score (nSPS) is 12.7. The van der Waals surface area contributed by atoms with Crippen LogP contribution in [-0.4, -0.2) is 46.5 Å². The second-order valence-corrected chi connectivity index (χ2v) is 5.23. The summed E-state index contributed by atoms with van der Waals surface area (Å²) < 4.78 is 20.7. The molecule has 1 unspecified atom stereocenters. The molecule has 4 heteroatoms. The molecular weight excluding hydrogens is 248 g/mol. The Kier molecular flexibility index (Phi) is 7.38. The summed E-state index contributed by atoms with van der Waals surface area (Å²) in [6, 6.07) is 5.82. The van der Waals surface area contributed by atoms with Gasteiger partial charge in [-0.05, 0) is 23.0 Å². The van der Waals surface area contributed by atoms with E-state index in [9.17, 15) is 8.76 Å². The van der Waals surface area contributed by atoms with Gasteiger partial charge in [0.2, 0.25) is 0 Å². The summed E-state index contributed by atoms with van der Waals surface area (Å²) in [5.74, 6) is 0.546. The van der Waals surface area contributed by atoms with Crippen LogP contribution in [0.5, 0.6) is 0 Å². The van der Waals surface area contributed by atoms with Gasteiger partial charge in [0.1, 0.15) is 0 Å². The molecule has 0 bridgehead atoms. The molecular formula is C12H20CaO2S. The van der Waals surface area contributed by atoms with Crippen LogP contribution in [-0.2, 0) is 11.1 Å². The minimum Gasteiger partial charge on any atom is -1.00 e. The summed E-state index contributed by atoms with van der Waals surface area (Å²) in [7, 11) is 0. The van der Waals surface area contributed by atoms with Crippen molar-refractivity contribution in [3.63, 3.8) is 0 Å². The summed E-state index contributed by atoms with van der Waals surface area (Å²) in [6.07, 6.45) is 0. The Hall–Kier alpha value is 0.590. The predicted octanol–water partition coefficient (Wildman–Crippen LogP) is 3.36. The molecule has 0 fully saturated rings. The fourth-order valence-corrected chi connectivity index (χ4v) is 2.70. The average molecular weight is 268 g/mol. The molecule has 0 heterocycles. The average Bonchev–Trinajstić information content (AvgIpc) is 2.16. The van der Waals surface area contributed by atoms with Crippen LogP contribution >= 0.6 is 0 Å². The SMILES string of the molecule is CC(C)c1cccc(C(C)C)c1S(=O)O.[Ca+2].[H-].[H-]. The first-order chi connectivity index (χ1) is 6.95. The molecule has 1 rings (SSSR count). The topological polar surface area (TPSA) is 37.3 Å². The molecule has 1 aromatic carbocycles. The molecule has 88 valence electrons. The molecule has 0 saturated carbocycles. The van der Waals surface area contributed by atoms with Gasteiger partial charge in [-0.2, -0.15) is 0 Å². The second kappa shape index (κ2) is 7.12. The van der Waals surface area contributed by atoms with Crippen LogP contribution in [0.3, 0.4) is 0 Å². The summed E-state index contributed by atoms with van der Waals surface area (Å²) in [5.41, 5.74) is 1.95. The first-order valence-corrected chi connectivity index (χ1v) is 6.29. The maximum atomic E-state index is 11.4. The molecule has 1 N–H and O–H groups in total. The Bertz CT molecular complexity index is 358. The standard InChI is InChI=1S/C12H18O2S.Ca.2H/c1-8(2)10-6-5-7-11(9(3)4)12(10)15(13)14;;;/h5-9H,1-4H3,(H,13,14);;;/q;+2;2*-1. The van der Waals surface area contributed by atoms with E-state index in [0.29, 0.717) is 4.90 Å². The van der Waals surface area contributed by atoms with Crippen LogP contribution in [0.25, 0.3) is 0 Å². The van der Waals surface area contributed by atoms with E-state index < -0.39 is 11.1 Å². The van der Waals surface area contributed by atoms with Gasteiger partial charge in [-0.25, -0.2) is 4.21 Å². The van der Waals surface area contributed by atoms with Gasteiger partial charge in [-0.15, -0.1) is 0 Å². The Morgan fingerprint density at radius 3 is 1.75 bits per heavy atom. The summed E-state index contributed by atoms with van der Waals surface area (Å²) in [4.78, 5) is 0.600. The number of rotatable bonds is 3. The quantitative estimate of drug-likeness (QED) is 0.674. The third-order valence-corrected chi connectivity index (χ3v) is 3.32. The van der Waals surface area contributed by atoms with E-state index in [4.69, 9.17) is 0 Å². The summed E-state index contributed by atoms with van der Waals surface area (Å²) in [5, 5.41) is 0. The third-order valence-electron chi connectivity index (χ3n) is 2.49. The molecule has 0 saturated heterocycles. The van der Waals surface area contributed by atoms with Crippen LogP contribution < -0.4 is 0 Å². The van der Waals surface area contributed by atoms with E-state index in [-0.39, 0.29) is 52.4 Å². The molecule has 0 aliphatic rings. The monoisotopic (exact) mass is 268 g/mol. The Balaban J connectivity index is -0.000000750. The van der Waals surface area contributed by atoms with E-state index in [1.54, 1.807) is 0 Å². The van der Waals surface area contributed by atoms with Crippen molar-refractivity contribution in [2.24, 2.45) is 0 Å². The second-order valence-electron chi connectivity index (χ2n) is 4.32. The fourth-order valence-electron chi connectivity index (χ4n) is 1.68. The van der Waals surface area contributed by atoms with Gasteiger partial charge in [0.05, 0.1) is 4.90 Å². The van der Waals surface area contributed by atoms with Crippen LogP contribution in [0.2, 0.25) is 0 Å². The Morgan fingerprint density at radius 2 is 1.50 bits per heavy atom. The van der Waals surface area contributed by atoms with Crippen molar-refractivity contribution in [2.45, 2.75) is 44.4 Å². The zero-order valence-corrected chi connectivity index (χ0v) is 13.4. The Labute approximate surface area is 133 Å². The van der Waals surface area contributed by atoms with E-state index in [1.807, 2.05) is 45.9 Å². The van der Waals surface area contributed by atoms with E-state index in [2.05, 4.69) is 0 Å². The molecule has 1 atom stereocenters. The first-order valence-electron chi connectivity index (χ1n) is 5.18. The molecule has 0 spiro atoms. The van der Waals surface area contributed by atoms with Crippen LogP contribution in [0.1, 0.15) is 53.5 Å². The minimum absolute atomic E-state index is 0. The molecule has 1 aromatic rings. The molecule has 16 heavy (non-hydrogen) atoms. The number of hydrogen-bond acceptors (Lipinski definition) is 1. The summed E-state index contributed by atoms with van der Waals surface area (Å²) >= 11 is -1.89. The van der Waals surface area contributed by atoms with Gasteiger partial charge >= 0.3 is 37.7 Å². The smallest absolute Gasteiger partial charge is 1.00 e. The van der Waals surface area contributed by atoms with Crippen molar-refractivity contribution in [1.82, 2.24) is 0 Å². The maximum Gasteiger partial charge on any atom is 2.00 e. The Morgan fingerprint density at radius 1 is 1.12 bits per heavy atom. The largest absolute Gasteiger partial charge is 2.00 e. The summed E-state index contributed by atoms with van der Waals surface area (Å²) in [6.45, 7) is 8.15. The van der Waals surface area contributed by atoms with Crippen molar-refractivity contribution >= 4 is 48.8 Å².